The second-order valence-electron chi connectivity index (χ2n) is 5.50. The van der Waals surface area contributed by atoms with Gasteiger partial charge in [0.05, 0.1) is 11.7 Å². The van der Waals surface area contributed by atoms with Crippen LogP contribution in [-0.2, 0) is 9.59 Å². The van der Waals surface area contributed by atoms with Crippen LogP contribution < -0.4 is 5.32 Å². The Kier molecular flexibility index (Phi) is 6.75. The molecule has 0 aromatic heterocycles. The van der Waals surface area contributed by atoms with Crippen LogP contribution in [0.15, 0.2) is 29.2 Å². The molecule has 0 aliphatic carbocycles. The molecule has 4 nitrogen and oxygen atoms in total. The van der Waals surface area contributed by atoms with Crippen molar-refractivity contribution in [3.05, 3.63) is 29.8 Å². The van der Waals surface area contributed by atoms with Crippen LogP contribution in [0.2, 0.25) is 0 Å². The Labute approximate surface area is 130 Å². The molecule has 2 N–H and O–H groups in total. The van der Waals surface area contributed by atoms with Gasteiger partial charge in [-0.05, 0) is 37.5 Å². The Bertz CT molecular complexity index is 485. The molecule has 0 aliphatic rings. The van der Waals surface area contributed by atoms with Gasteiger partial charge >= 0.3 is 5.97 Å². The molecule has 1 amide bonds. The zero-order valence-corrected chi connectivity index (χ0v) is 13.7. The summed E-state index contributed by atoms with van der Waals surface area (Å²) >= 11 is 1.45. The van der Waals surface area contributed by atoms with E-state index in [9.17, 15) is 9.59 Å². The van der Waals surface area contributed by atoms with Gasteiger partial charge in [-0.2, -0.15) is 0 Å². The van der Waals surface area contributed by atoms with Crippen molar-refractivity contribution in [1.82, 2.24) is 5.32 Å². The number of carbonyl (C=O) groups excluding carboxylic acids is 1. The van der Waals surface area contributed by atoms with Gasteiger partial charge in [0.2, 0.25) is 5.91 Å². The van der Waals surface area contributed by atoms with Gasteiger partial charge < -0.3 is 10.4 Å². The summed E-state index contributed by atoms with van der Waals surface area (Å²) in [5, 5.41) is 11.6. The summed E-state index contributed by atoms with van der Waals surface area (Å²) in [7, 11) is 0. The molecule has 1 aromatic carbocycles. The number of carboxylic acid groups (broad SMARTS) is 1. The Morgan fingerprint density at radius 3 is 2.19 bits per heavy atom. The molecule has 0 fully saturated rings. The summed E-state index contributed by atoms with van der Waals surface area (Å²) in [5.74, 6) is -0.860. The molecule has 116 valence electrons. The molecule has 21 heavy (non-hydrogen) atoms. The van der Waals surface area contributed by atoms with E-state index in [2.05, 4.69) is 31.3 Å². The molecule has 0 aliphatic heterocycles. The fourth-order valence-electron chi connectivity index (χ4n) is 1.73. The number of nitrogens with one attached hydrogen (secondary N) is 1. The second kappa shape index (κ2) is 8.08. The van der Waals surface area contributed by atoms with Crippen LogP contribution in [0.4, 0.5) is 0 Å². The summed E-state index contributed by atoms with van der Waals surface area (Å²) in [6.45, 7) is 7.57. The van der Waals surface area contributed by atoms with Gasteiger partial charge in [-0.3, -0.25) is 9.59 Å². The first kappa shape index (κ1) is 17.6. The highest BCUT2D eigenvalue weighted by atomic mass is 32.2. The highest BCUT2D eigenvalue weighted by molar-refractivity contribution is 8.00. The molecule has 0 heterocycles. The van der Waals surface area contributed by atoms with Crippen molar-refractivity contribution in [1.29, 1.82) is 0 Å². The van der Waals surface area contributed by atoms with Crippen LogP contribution in [0.3, 0.4) is 0 Å². The van der Waals surface area contributed by atoms with E-state index in [1.807, 2.05) is 12.1 Å². The smallest absolute Gasteiger partial charge is 0.308 e. The molecular weight excluding hydrogens is 286 g/mol. The van der Waals surface area contributed by atoms with E-state index in [4.69, 9.17) is 5.11 Å². The molecule has 0 radical (unpaired) electrons. The van der Waals surface area contributed by atoms with Crippen LogP contribution in [0.25, 0.3) is 0 Å². The maximum atomic E-state index is 11.8. The van der Waals surface area contributed by atoms with Gasteiger partial charge in [0.1, 0.15) is 0 Å². The predicted molar refractivity (Wildman–Crippen MR) is 85.7 cm³/mol. The number of aliphatic carboxylic acids is 1. The second-order valence-corrected chi connectivity index (χ2v) is 6.54. The Morgan fingerprint density at radius 2 is 1.71 bits per heavy atom. The number of carbonyl (C=O) groups is 2. The summed E-state index contributed by atoms with van der Waals surface area (Å²) in [6, 6.07) is 7.78. The largest absolute Gasteiger partial charge is 0.481 e. The predicted octanol–water partition coefficient (Wildman–Crippen LogP) is 3.13. The van der Waals surface area contributed by atoms with E-state index in [1.54, 1.807) is 13.8 Å². The number of thioether (sulfide) groups is 1. The van der Waals surface area contributed by atoms with E-state index in [-0.39, 0.29) is 17.7 Å². The lowest BCUT2D eigenvalue weighted by Crippen LogP contribution is -2.40. The van der Waals surface area contributed by atoms with Crippen molar-refractivity contribution in [2.24, 2.45) is 5.92 Å². The van der Waals surface area contributed by atoms with Crippen molar-refractivity contribution in [2.45, 2.75) is 44.6 Å². The third-order valence-electron chi connectivity index (χ3n) is 3.44. The Morgan fingerprint density at radius 1 is 1.14 bits per heavy atom. The fourth-order valence-corrected chi connectivity index (χ4v) is 2.44. The number of benzene rings is 1. The molecule has 0 spiro atoms. The van der Waals surface area contributed by atoms with Crippen molar-refractivity contribution in [3.8, 4) is 0 Å². The maximum absolute atomic E-state index is 11.8. The van der Waals surface area contributed by atoms with Crippen molar-refractivity contribution >= 4 is 23.6 Å². The zero-order chi connectivity index (χ0) is 16.0. The lowest BCUT2D eigenvalue weighted by molar-refractivity contribution is -0.142. The molecule has 1 aromatic rings. The van der Waals surface area contributed by atoms with Crippen LogP contribution in [0, 0.1) is 5.92 Å². The van der Waals surface area contributed by atoms with Gasteiger partial charge in [-0.1, -0.05) is 26.0 Å². The normalized spacial score (nSPS) is 13.8. The molecule has 2 unspecified atom stereocenters. The van der Waals surface area contributed by atoms with E-state index >= 15 is 0 Å². The maximum Gasteiger partial charge on any atom is 0.308 e. The first-order chi connectivity index (χ1) is 9.81. The molecule has 5 heteroatoms. The van der Waals surface area contributed by atoms with Gasteiger partial charge in [0.25, 0.3) is 0 Å². The minimum atomic E-state index is -0.903. The summed E-state index contributed by atoms with van der Waals surface area (Å²) in [6.07, 6.45) is 0. The van der Waals surface area contributed by atoms with Crippen LogP contribution in [0.5, 0.6) is 0 Å². The first-order valence-electron chi connectivity index (χ1n) is 7.06. The van der Waals surface area contributed by atoms with Crippen LogP contribution >= 0.6 is 11.8 Å². The minimum absolute atomic E-state index is 0.145. The SMILES string of the molecule is CC(C)c1ccc(SCC(=O)NC(C)C(C)C(=O)O)cc1. The zero-order valence-electron chi connectivity index (χ0n) is 12.9. The number of hydrogen-bond acceptors (Lipinski definition) is 3. The van der Waals surface area contributed by atoms with Crippen molar-refractivity contribution in [2.75, 3.05) is 5.75 Å². The molecule has 0 saturated heterocycles. The minimum Gasteiger partial charge on any atom is -0.481 e. The highest BCUT2D eigenvalue weighted by Gasteiger charge is 2.20. The summed E-state index contributed by atoms with van der Waals surface area (Å²) in [4.78, 5) is 23.7. The quantitative estimate of drug-likeness (QED) is 0.759. The van der Waals surface area contributed by atoms with Crippen LogP contribution in [0.1, 0.15) is 39.2 Å². The average molecular weight is 309 g/mol. The lowest BCUT2D eigenvalue weighted by atomic mass is 10.0. The Hall–Kier alpha value is -1.49. The topological polar surface area (TPSA) is 66.4 Å². The van der Waals surface area contributed by atoms with Gasteiger partial charge in [-0.15, -0.1) is 11.8 Å². The van der Waals surface area contributed by atoms with E-state index in [0.29, 0.717) is 5.92 Å². The lowest BCUT2D eigenvalue weighted by Gasteiger charge is -2.17. The number of carboxylic acids is 1. The van der Waals surface area contributed by atoms with Gasteiger partial charge in [0.15, 0.2) is 0 Å². The summed E-state index contributed by atoms with van der Waals surface area (Å²) < 4.78 is 0. The molecule has 2 atom stereocenters. The van der Waals surface area contributed by atoms with E-state index in [1.165, 1.54) is 17.3 Å². The van der Waals surface area contributed by atoms with E-state index < -0.39 is 11.9 Å². The van der Waals surface area contributed by atoms with Gasteiger partial charge in [-0.25, -0.2) is 0 Å². The monoisotopic (exact) mass is 309 g/mol. The van der Waals surface area contributed by atoms with Crippen molar-refractivity contribution in [3.63, 3.8) is 0 Å². The molecule has 0 bridgehead atoms. The number of rotatable bonds is 7. The molecular formula is C16H23NO3S. The Balaban J connectivity index is 2.44. The third kappa shape index (κ3) is 5.79. The third-order valence-corrected chi connectivity index (χ3v) is 4.46. The van der Waals surface area contributed by atoms with Gasteiger partial charge in [0, 0.05) is 10.9 Å². The average Bonchev–Trinajstić information content (AvgIpc) is 2.44. The van der Waals surface area contributed by atoms with E-state index in [0.717, 1.165) is 4.90 Å². The standard InChI is InChI=1S/C16H23NO3S/c1-10(2)13-5-7-14(8-6-13)21-9-15(18)17-12(4)11(3)16(19)20/h5-8,10-12H,9H2,1-4H3,(H,17,18)(H,19,20). The van der Waals surface area contributed by atoms with Crippen molar-refractivity contribution < 1.29 is 14.7 Å². The molecule has 0 saturated carbocycles. The summed E-state index contributed by atoms with van der Waals surface area (Å²) in [5.41, 5.74) is 1.27. The number of hydrogen-bond donors (Lipinski definition) is 2. The van der Waals surface area contributed by atoms with Crippen LogP contribution in [-0.4, -0.2) is 28.8 Å². The highest BCUT2D eigenvalue weighted by Crippen LogP contribution is 2.21. The first-order valence-corrected chi connectivity index (χ1v) is 8.04. The number of amides is 1. The molecule has 1 rings (SSSR count). The fraction of sp³-hybridized carbons (Fsp3) is 0.500.